The summed E-state index contributed by atoms with van der Waals surface area (Å²) in [5, 5.41) is 39.0. The lowest BCUT2D eigenvalue weighted by molar-refractivity contribution is 1.47. The quantitative estimate of drug-likeness (QED) is 0.144. The van der Waals surface area contributed by atoms with Crippen molar-refractivity contribution in [3.05, 3.63) is 253 Å². The minimum absolute atomic E-state index is 0.588. The van der Waals surface area contributed by atoms with E-state index in [1.165, 1.54) is 0 Å². The molecule has 10 aromatic rings. The van der Waals surface area contributed by atoms with Crippen molar-refractivity contribution in [3.63, 3.8) is 0 Å². The molecular weight excluding hydrogens is 825 g/mol. The Labute approximate surface area is 396 Å². The van der Waals surface area contributed by atoms with Gasteiger partial charge in [-0.05, 0) is 215 Å². The van der Waals surface area contributed by atoms with E-state index in [1.54, 1.807) is 0 Å². The third-order valence-corrected chi connectivity index (χ3v) is 12.3. The van der Waals surface area contributed by atoms with E-state index in [4.69, 9.17) is 0 Å². The van der Waals surface area contributed by atoms with E-state index < -0.39 is 0 Å². The van der Waals surface area contributed by atoms with Crippen LogP contribution in [-0.2, 0) is 0 Å². The van der Waals surface area contributed by atoms with E-state index in [2.05, 4.69) is 152 Å². The van der Waals surface area contributed by atoms with Gasteiger partial charge in [-0.25, -0.2) is 0 Å². The summed E-state index contributed by atoms with van der Waals surface area (Å²) in [6.07, 6.45) is 0. The average molecular weight is 863 g/mol. The zero-order valence-corrected chi connectivity index (χ0v) is 36.7. The minimum atomic E-state index is 0.588. The molecule has 0 saturated heterocycles. The molecule has 0 saturated carbocycles. The molecule has 314 valence electrons. The molecule has 4 nitrogen and oxygen atoms in total. The van der Waals surface area contributed by atoms with Gasteiger partial charge in [0.15, 0.2) is 0 Å². The predicted octanol–water partition coefficient (Wildman–Crippen LogP) is 16.2. The van der Waals surface area contributed by atoms with Crippen molar-refractivity contribution in [1.82, 2.24) is 0 Å². The molecule has 10 rings (SSSR count). The summed E-state index contributed by atoms with van der Waals surface area (Å²) in [5.74, 6) is 0. The standard InChI is InChI=1S/C64H38N4/c65-39-43-10-4-16-48(24-43)57-32-58(49-17-5-11-44(25-49)40-66)35-63(34-57)54-22-8-20-52(28-54)61-30-56(47-14-2-1-3-15-47)31-62(38-61)53-21-9-23-55(29-53)64-36-59(50-18-6-12-45(26-50)41-67)33-60(37-64)51-19-7-13-46(27-51)42-68/h1-38H. The lowest BCUT2D eigenvalue weighted by Gasteiger charge is -2.15. The maximum absolute atomic E-state index is 9.75. The van der Waals surface area contributed by atoms with E-state index in [0.29, 0.717) is 22.3 Å². The van der Waals surface area contributed by atoms with Gasteiger partial charge < -0.3 is 0 Å². The first-order valence-corrected chi connectivity index (χ1v) is 22.2. The molecule has 0 radical (unpaired) electrons. The SMILES string of the molecule is N#Cc1cccc(-c2cc(-c3cccc(C#N)c3)cc(-c3cccc(-c4cc(-c5ccccc5)cc(-c5cccc(-c6cc(-c7cccc(C#N)c7)cc(-c7cccc(C#N)c7)c6)c5)c4)c3)c2)c1. The van der Waals surface area contributed by atoms with Crippen molar-refractivity contribution in [1.29, 1.82) is 21.0 Å². The van der Waals surface area contributed by atoms with Gasteiger partial charge in [0.1, 0.15) is 0 Å². The highest BCUT2D eigenvalue weighted by Gasteiger charge is 2.14. The van der Waals surface area contributed by atoms with Crippen molar-refractivity contribution in [2.45, 2.75) is 0 Å². The van der Waals surface area contributed by atoms with E-state index in [-0.39, 0.29) is 0 Å². The highest BCUT2D eigenvalue weighted by atomic mass is 14.3. The Kier molecular flexibility index (Phi) is 11.6. The zero-order valence-electron chi connectivity index (χ0n) is 36.7. The summed E-state index contributed by atoms with van der Waals surface area (Å²) in [7, 11) is 0. The van der Waals surface area contributed by atoms with Crippen LogP contribution in [0.3, 0.4) is 0 Å². The number of benzene rings is 10. The van der Waals surface area contributed by atoms with Gasteiger partial charge >= 0.3 is 0 Å². The Morgan fingerprint density at radius 2 is 0.338 bits per heavy atom. The van der Waals surface area contributed by atoms with Crippen LogP contribution in [0.4, 0.5) is 0 Å². The van der Waals surface area contributed by atoms with Crippen LogP contribution < -0.4 is 0 Å². The molecule has 10 aromatic carbocycles. The summed E-state index contributed by atoms with van der Waals surface area (Å²) in [4.78, 5) is 0. The highest BCUT2D eigenvalue weighted by Crippen LogP contribution is 2.40. The van der Waals surface area contributed by atoms with Crippen LogP contribution in [0.2, 0.25) is 0 Å². The Balaban J connectivity index is 1.10. The molecule has 4 heteroatoms. The Hall–Kier alpha value is -9.84. The van der Waals surface area contributed by atoms with Crippen molar-refractivity contribution in [2.24, 2.45) is 0 Å². The molecule has 0 fully saturated rings. The fourth-order valence-electron chi connectivity index (χ4n) is 8.84. The second-order valence-corrected chi connectivity index (χ2v) is 16.7. The van der Waals surface area contributed by atoms with Crippen molar-refractivity contribution >= 4 is 0 Å². The fraction of sp³-hybridized carbons (Fsp3) is 0. The van der Waals surface area contributed by atoms with Crippen LogP contribution in [0.5, 0.6) is 0 Å². The Morgan fingerprint density at radius 1 is 0.162 bits per heavy atom. The van der Waals surface area contributed by atoms with Crippen LogP contribution in [0.15, 0.2) is 231 Å². The molecular formula is C64H38N4. The molecule has 68 heavy (non-hydrogen) atoms. The summed E-state index contributed by atoms with van der Waals surface area (Å²) in [6.45, 7) is 0. The van der Waals surface area contributed by atoms with Crippen LogP contribution in [0.1, 0.15) is 22.3 Å². The van der Waals surface area contributed by atoms with Crippen molar-refractivity contribution < 1.29 is 0 Å². The first-order valence-electron chi connectivity index (χ1n) is 22.2. The number of hydrogen-bond donors (Lipinski definition) is 0. The number of hydrogen-bond acceptors (Lipinski definition) is 4. The summed E-state index contributed by atoms with van der Waals surface area (Å²) in [5.41, 5.74) is 20.5. The lowest BCUT2D eigenvalue weighted by atomic mass is 9.89. The van der Waals surface area contributed by atoms with Crippen LogP contribution in [0, 0.1) is 45.3 Å². The number of nitriles is 4. The summed E-state index contributed by atoms with van der Waals surface area (Å²) >= 11 is 0. The average Bonchev–Trinajstić information content (AvgIpc) is 3.43. The molecule has 0 bridgehead atoms. The predicted molar refractivity (Wildman–Crippen MR) is 274 cm³/mol. The maximum atomic E-state index is 9.75. The lowest BCUT2D eigenvalue weighted by Crippen LogP contribution is -1.90. The monoisotopic (exact) mass is 862 g/mol. The normalized spacial score (nSPS) is 10.6. The maximum Gasteiger partial charge on any atom is 0.0991 e. The first-order chi connectivity index (χ1) is 33.4. The smallest absolute Gasteiger partial charge is 0.0991 e. The van der Waals surface area contributed by atoms with E-state index in [0.717, 1.165) is 100 Å². The van der Waals surface area contributed by atoms with E-state index in [1.807, 2.05) is 103 Å². The second-order valence-electron chi connectivity index (χ2n) is 16.7. The molecule has 0 spiro atoms. The van der Waals surface area contributed by atoms with Gasteiger partial charge in [0.2, 0.25) is 0 Å². The molecule has 0 aliphatic carbocycles. The van der Waals surface area contributed by atoms with Crippen LogP contribution in [-0.4, -0.2) is 0 Å². The summed E-state index contributed by atoms with van der Waals surface area (Å²) < 4.78 is 0. The molecule has 0 amide bonds. The molecule has 0 unspecified atom stereocenters. The van der Waals surface area contributed by atoms with Gasteiger partial charge in [0, 0.05) is 0 Å². The van der Waals surface area contributed by atoms with Crippen LogP contribution in [0.25, 0.3) is 100 Å². The third kappa shape index (κ3) is 8.95. The van der Waals surface area contributed by atoms with Gasteiger partial charge in [0.25, 0.3) is 0 Å². The first kappa shape index (κ1) is 42.1. The molecule has 0 N–H and O–H groups in total. The number of nitrogens with zero attached hydrogens (tertiary/aromatic N) is 4. The highest BCUT2D eigenvalue weighted by molar-refractivity contribution is 5.88. The van der Waals surface area contributed by atoms with Gasteiger partial charge in [-0.1, -0.05) is 115 Å². The van der Waals surface area contributed by atoms with E-state index in [9.17, 15) is 21.0 Å². The van der Waals surface area contributed by atoms with Crippen LogP contribution >= 0.6 is 0 Å². The van der Waals surface area contributed by atoms with Gasteiger partial charge in [-0.2, -0.15) is 21.0 Å². The molecule has 0 atom stereocenters. The topological polar surface area (TPSA) is 95.2 Å². The van der Waals surface area contributed by atoms with Crippen molar-refractivity contribution in [3.8, 4) is 124 Å². The van der Waals surface area contributed by atoms with Gasteiger partial charge in [0.05, 0.1) is 46.5 Å². The van der Waals surface area contributed by atoms with Gasteiger partial charge in [-0.3, -0.25) is 0 Å². The molecule has 0 aromatic heterocycles. The zero-order chi connectivity index (χ0) is 46.4. The number of rotatable bonds is 9. The molecule has 0 aliphatic heterocycles. The third-order valence-electron chi connectivity index (χ3n) is 12.3. The minimum Gasteiger partial charge on any atom is -0.192 e. The fourth-order valence-corrected chi connectivity index (χ4v) is 8.84. The molecule has 0 heterocycles. The largest absolute Gasteiger partial charge is 0.192 e. The van der Waals surface area contributed by atoms with E-state index >= 15 is 0 Å². The molecule has 0 aliphatic rings. The van der Waals surface area contributed by atoms with Crippen molar-refractivity contribution in [2.75, 3.05) is 0 Å². The second kappa shape index (κ2) is 18.7. The van der Waals surface area contributed by atoms with Gasteiger partial charge in [-0.15, -0.1) is 0 Å². The Bertz CT molecular complexity index is 3370. The Morgan fingerprint density at radius 3 is 0.574 bits per heavy atom. The summed E-state index contributed by atoms with van der Waals surface area (Å²) in [6, 6.07) is 87.2.